The number of guanidine groups is 1. The number of hydrogen-bond donors (Lipinski definition) is 3. The Hall–Kier alpha value is -2.45. The second-order valence-electron chi connectivity index (χ2n) is 5.65. The molecular weight excluding hydrogens is 355 g/mol. The first-order valence-corrected chi connectivity index (χ1v) is 9.82. The van der Waals surface area contributed by atoms with Gasteiger partial charge in [-0.15, -0.1) is 0 Å². The molecule has 0 aliphatic carbocycles. The van der Waals surface area contributed by atoms with E-state index in [4.69, 9.17) is 5.14 Å². The third kappa shape index (κ3) is 6.12. The van der Waals surface area contributed by atoms with Crippen molar-refractivity contribution in [3.05, 3.63) is 65.5 Å². The summed E-state index contributed by atoms with van der Waals surface area (Å²) in [7, 11) is -3.67. The molecule has 0 amide bonds. The number of nitrogens with two attached hydrogens (primary N) is 1. The molecule has 0 fully saturated rings. The van der Waals surface area contributed by atoms with Crippen LogP contribution in [0.5, 0.6) is 0 Å². The van der Waals surface area contributed by atoms with Gasteiger partial charge in [0.2, 0.25) is 10.0 Å². The van der Waals surface area contributed by atoms with E-state index in [1.54, 1.807) is 30.3 Å². The second kappa shape index (κ2) is 9.30. The van der Waals surface area contributed by atoms with E-state index in [1.165, 1.54) is 18.2 Å². The lowest BCUT2D eigenvalue weighted by Gasteiger charge is -2.11. The van der Waals surface area contributed by atoms with E-state index in [0.717, 1.165) is 5.56 Å². The van der Waals surface area contributed by atoms with Crippen LogP contribution in [0.1, 0.15) is 18.1 Å². The Kier molecular flexibility index (Phi) is 7.11. The smallest absolute Gasteiger partial charge is 0.238 e. The zero-order chi connectivity index (χ0) is 19.0. The Balaban J connectivity index is 1.92. The minimum absolute atomic E-state index is 0.0917. The van der Waals surface area contributed by atoms with Gasteiger partial charge in [-0.05, 0) is 37.1 Å². The number of halogens is 1. The highest BCUT2D eigenvalue weighted by Gasteiger charge is 2.07. The van der Waals surface area contributed by atoms with Crippen molar-refractivity contribution in [3.63, 3.8) is 0 Å². The van der Waals surface area contributed by atoms with Crippen molar-refractivity contribution in [2.24, 2.45) is 10.1 Å². The molecule has 0 radical (unpaired) electrons. The lowest BCUT2D eigenvalue weighted by Crippen LogP contribution is -2.38. The Morgan fingerprint density at radius 1 is 1.12 bits per heavy atom. The van der Waals surface area contributed by atoms with Crippen LogP contribution in [0.2, 0.25) is 0 Å². The molecule has 0 aliphatic rings. The zero-order valence-corrected chi connectivity index (χ0v) is 15.4. The van der Waals surface area contributed by atoms with Crippen molar-refractivity contribution < 1.29 is 12.8 Å². The van der Waals surface area contributed by atoms with Crippen molar-refractivity contribution in [2.75, 3.05) is 13.1 Å². The molecule has 2 rings (SSSR count). The third-order valence-electron chi connectivity index (χ3n) is 3.67. The molecular formula is C18H23FN4O2S. The SMILES string of the molecule is CCNC(=NCc1ccccc1F)NCCc1ccc(S(N)(=O)=O)cc1. The molecule has 2 aromatic rings. The van der Waals surface area contributed by atoms with Gasteiger partial charge < -0.3 is 10.6 Å². The number of benzene rings is 2. The Morgan fingerprint density at radius 3 is 2.42 bits per heavy atom. The molecule has 26 heavy (non-hydrogen) atoms. The molecule has 0 bridgehead atoms. The fourth-order valence-corrected chi connectivity index (χ4v) is 2.82. The molecule has 4 N–H and O–H groups in total. The summed E-state index contributed by atoms with van der Waals surface area (Å²) in [6.07, 6.45) is 0.676. The van der Waals surface area contributed by atoms with Gasteiger partial charge in [0, 0.05) is 18.7 Å². The monoisotopic (exact) mass is 378 g/mol. The van der Waals surface area contributed by atoms with Gasteiger partial charge in [-0.25, -0.2) is 22.9 Å². The molecule has 0 aromatic heterocycles. The molecule has 0 aliphatic heterocycles. The molecule has 0 saturated heterocycles. The first-order chi connectivity index (χ1) is 12.4. The predicted octanol–water partition coefficient (Wildman–Crippen LogP) is 1.77. The van der Waals surface area contributed by atoms with Gasteiger partial charge in [0.05, 0.1) is 11.4 Å². The zero-order valence-electron chi connectivity index (χ0n) is 14.6. The van der Waals surface area contributed by atoms with Crippen LogP contribution in [-0.4, -0.2) is 27.5 Å². The van der Waals surface area contributed by atoms with Gasteiger partial charge >= 0.3 is 0 Å². The number of sulfonamides is 1. The number of nitrogens with zero attached hydrogens (tertiary/aromatic N) is 1. The normalized spacial score (nSPS) is 12.0. The number of nitrogens with one attached hydrogen (secondary N) is 2. The third-order valence-corrected chi connectivity index (χ3v) is 4.60. The lowest BCUT2D eigenvalue weighted by atomic mass is 10.1. The summed E-state index contributed by atoms with van der Waals surface area (Å²) in [6, 6.07) is 13.0. The Bertz CT molecular complexity index is 852. The summed E-state index contributed by atoms with van der Waals surface area (Å²) in [4.78, 5) is 4.47. The van der Waals surface area contributed by atoms with Crippen LogP contribution in [0, 0.1) is 5.82 Å². The van der Waals surface area contributed by atoms with Crippen molar-refractivity contribution in [3.8, 4) is 0 Å². The number of rotatable bonds is 7. The van der Waals surface area contributed by atoms with Crippen LogP contribution in [0.25, 0.3) is 0 Å². The van der Waals surface area contributed by atoms with E-state index >= 15 is 0 Å². The van der Waals surface area contributed by atoms with Crippen LogP contribution < -0.4 is 15.8 Å². The summed E-state index contributed by atoms with van der Waals surface area (Å²) in [6.45, 7) is 3.47. The summed E-state index contributed by atoms with van der Waals surface area (Å²) in [5.74, 6) is 0.318. The predicted molar refractivity (Wildman–Crippen MR) is 101 cm³/mol. The van der Waals surface area contributed by atoms with E-state index in [9.17, 15) is 12.8 Å². The maximum Gasteiger partial charge on any atom is 0.238 e. The van der Waals surface area contributed by atoms with Crippen molar-refractivity contribution >= 4 is 16.0 Å². The van der Waals surface area contributed by atoms with Crippen molar-refractivity contribution in [2.45, 2.75) is 24.8 Å². The molecule has 0 atom stereocenters. The van der Waals surface area contributed by atoms with Gasteiger partial charge in [0.25, 0.3) is 0 Å². The average Bonchev–Trinajstić information content (AvgIpc) is 2.60. The average molecular weight is 378 g/mol. The molecule has 0 spiro atoms. The lowest BCUT2D eigenvalue weighted by molar-refractivity contribution is 0.597. The van der Waals surface area contributed by atoms with Crippen molar-refractivity contribution in [1.29, 1.82) is 0 Å². The summed E-state index contributed by atoms with van der Waals surface area (Å²) >= 11 is 0. The highest BCUT2D eigenvalue weighted by Crippen LogP contribution is 2.09. The van der Waals surface area contributed by atoms with E-state index in [1.807, 2.05) is 6.92 Å². The number of hydrogen-bond acceptors (Lipinski definition) is 3. The fraction of sp³-hybridized carbons (Fsp3) is 0.278. The van der Waals surface area contributed by atoms with Gasteiger partial charge in [0.15, 0.2) is 5.96 Å². The summed E-state index contributed by atoms with van der Waals surface area (Å²) in [5, 5.41) is 11.4. The molecule has 0 heterocycles. The maximum absolute atomic E-state index is 13.7. The standard InChI is InChI=1S/C18H23FN4O2S/c1-2-21-18(23-13-15-5-3-4-6-17(15)19)22-12-11-14-7-9-16(10-8-14)26(20,24)25/h3-10H,2,11-13H2,1H3,(H2,20,24,25)(H2,21,22,23). The van der Waals surface area contributed by atoms with Crippen molar-refractivity contribution in [1.82, 2.24) is 10.6 Å². The van der Waals surface area contributed by atoms with Gasteiger partial charge in [-0.1, -0.05) is 30.3 Å². The second-order valence-corrected chi connectivity index (χ2v) is 7.21. The van der Waals surface area contributed by atoms with Gasteiger partial charge in [-0.2, -0.15) is 0 Å². The summed E-state index contributed by atoms with van der Waals surface area (Å²) in [5.41, 5.74) is 1.50. The topological polar surface area (TPSA) is 96.6 Å². The van der Waals surface area contributed by atoms with Crippen LogP contribution in [0.15, 0.2) is 58.4 Å². The quantitative estimate of drug-likeness (QED) is 0.505. The maximum atomic E-state index is 13.7. The molecule has 8 heteroatoms. The Morgan fingerprint density at radius 2 is 1.81 bits per heavy atom. The van der Waals surface area contributed by atoms with Crippen LogP contribution in [-0.2, 0) is 23.0 Å². The van der Waals surface area contributed by atoms with Gasteiger partial charge in [-0.3, -0.25) is 0 Å². The highest BCUT2D eigenvalue weighted by atomic mass is 32.2. The molecule has 140 valence electrons. The number of primary sulfonamides is 1. The summed E-state index contributed by atoms with van der Waals surface area (Å²) < 4.78 is 36.1. The van der Waals surface area contributed by atoms with Crippen LogP contribution >= 0.6 is 0 Å². The van der Waals surface area contributed by atoms with E-state index in [-0.39, 0.29) is 17.3 Å². The first-order valence-electron chi connectivity index (χ1n) is 8.27. The van der Waals surface area contributed by atoms with E-state index in [2.05, 4.69) is 15.6 Å². The largest absolute Gasteiger partial charge is 0.357 e. The minimum Gasteiger partial charge on any atom is -0.357 e. The molecule has 0 saturated carbocycles. The molecule has 2 aromatic carbocycles. The van der Waals surface area contributed by atoms with E-state index in [0.29, 0.717) is 31.0 Å². The fourth-order valence-electron chi connectivity index (χ4n) is 2.30. The molecule has 6 nitrogen and oxygen atoms in total. The molecule has 0 unspecified atom stereocenters. The minimum atomic E-state index is -3.67. The highest BCUT2D eigenvalue weighted by molar-refractivity contribution is 7.89. The van der Waals surface area contributed by atoms with Gasteiger partial charge in [0.1, 0.15) is 5.82 Å². The van der Waals surface area contributed by atoms with Crippen LogP contribution in [0.4, 0.5) is 4.39 Å². The van der Waals surface area contributed by atoms with Crippen LogP contribution in [0.3, 0.4) is 0 Å². The van der Waals surface area contributed by atoms with E-state index < -0.39 is 10.0 Å². The first kappa shape index (κ1) is 19.9. The Labute approximate surface area is 153 Å². The number of aliphatic imine (C=N–C) groups is 1.